The Balaban J connectivity index is 1.33. The Labute approximate surface area is 275 Å². The number of aromatic amines is 1. The lowest BCUT2D eigenvalue weighted by Gasteiger charge is -2.30. The summed E-state index contributed by atoms with van der Waals surface area (Å²) in [6.45, 7) is 3.60. The number of carbonyl (C=O) groups is 2. The van der Waals surface area contributed by atoms with Crippen LogP contribution in [0.3, 0.4) is 0 Å². The summed E-state index contributed by atoms with van der Waals surface area (Å²) in [4.78, 5) is 33.5. The van der Waals surface area contributed by atoms with Crippen LogP contribution in [0, 0.1) is 5.82 Å². The molecular formula is C37H34F3N5O3. The minimum Gasteiger partial charge on any atom is -0.507 e. The fourth-order valence-corrected chi connectivity index (χ4v) is 6.02. The Morgan fingerprint density at radius 1 is 1.02 bits per heavy atom. The van der Waals surface area contributed by atoms with Gasteiger partial charge in [0.15, 0.2) is 0 Å². The summed E-state index contributed by atoms with van der Waals surface area (Å²) in [5.74, 6) is -6.12. The molecule has 0 unspecified atom stereocenters. The minimum atomic E-state index is -3.49. The van der Waals surface area contributed by atoms with E-state index >= 15 is 8.78 Å². The van der Waals surface area contributed by atoms with Crippen LogP contribution in [0.4, 0.5) is 24.5 Å². The molecule has 0 spiro atoms. The summed E-state index contributed by atoms with van der Waals surface area (Å²) < 4.78 is 46.2. The van der Waals surface area contributed by atoms with Gasteiger partial charge in [0, 0.05) is 54.0 Å². The van der Waals surface area contributed by atoms with Gasteiger partial charge in [-0.05, 0) is 67.9 Å². The van der Waals surface area contributed by atoms with Crippen LogP contribution in [0.2, 0.25) is 0 Å². The number of hydrogen-bond donors (Lipinski definition) is 5. The lowest BCUT2D eigenvalue weighted by Crippen LogP contribution is -2.49. The van der Waals surface area contributed by atoms with Crippen LogP contribution < -0.4 is 16.0 Å². The van der Waals surface area contributed by atoms with E-state index in [9.17, 15) is 19.1 Å². The number of fused-ring (bicyclic) bond motifs is 1. The van der Waals surface area contributed by atoms with Gasteiger partial charge in [-0.2, -0.15) is 8.78 Å². The van der Waals surface area contributed by atoms with Crippen LogP contribution in [0.5, 0.6) is 5.75 Å². The minimum absolute atomic E-state index is 0.00196. The van der Waals surface area contributed by atoms with E-state index in [1.54, 1.807) is 18.2 Å². The number of H-pyrrole nitrogens is 1. The maximum Gasteiger partial charge on any atom is 0.290 e. The van der Waals surface area contributed by atoms with Gasteiger partial charge in [-0.3, -0.25) is 14.6 Å². The number of nitrogens with zero attached hydrogens (tertiary/aromatic N) is 1. The Hall–Kier alpha value is -5.58. The van der Waals surface area contributed by atoms with Gasteiger partial charge in [0.25, 0.3) is 17.7 Å². The molecule has 5 aromatic rings. The predicted molar refractivity (Wildman–Crippen MR) is 177 cm³/mol. The van der Waals surface area contributed by atoms with Crippen LogP contribution in [-0.2, 0) is 12.3 Å². The van der Waals surface area contributed by atoms with Gasteiger partial charge in [-0.15, -0.1) is 0 Å². The standard InChI is InChI=1S/C37H34F3N5O3/c1-36(2)20-28-31(35(48)45-36)33(43-26-8-4-3-5-9-26)32(44-28)23-16-17-41-30(18-23)37(39,40)19-24(22-12-14-25(38)15-13-22)21-42-34(47)27-10-6-7-11-29(27)46/h3-18,24,43-44,46H,19-21H2,1-2H3,(H,42,47)(H,45,48)/t24-/m1/s1. The number of carbonyl (C=O) groups excluding carboxylic acids is 2. The average molecular weight is 654 g/mol. The fourth-order valence-electron chi connectivity index (χ4n) is 6.02. The number of phenols is 1. The van der Waals surface area contributed by atoms with Crippen molar-refractivity contribution in [1.29, 1.82) is 0 Å². The highest BCUT2D eigenvalue weighted by atomic mass is 19.3. The number of aromatic nitrogens is 2. The molecule has 1 atom stereocenters. The molecule has 8 nitrogen and oxygen atoms in total. The second kappa shape index (κ2) is 12.9. The van der Waals surface area contributed by atoms with E-state index in [1.165, 1.54) is 48.7 Å². The van der Waals surface area contributed by atoms with Crippen molar-refractivity contribution in [2.75, 3.05) is 11.9 Å². The Kier molecular flexibility index (Phi) is 8.70. The zero-order valence-electron chi connectivity index (χ0n) is 26.3. The highest BCUT2D eigenvalue weighted by molar-refractivity contribution is 6.06. The molecule has 11 heteroatoms. The number of alkyl halides is 2. The number of amides is 2. The largest absolute Gasteiger partial charge is 0.507 e. The molecule has 1 aliphatic rings. The molecule has 246 valence electrons. The quantitative estimate of drug-likeness (QED) is 0.108. The summed E-state index contributed by atoms with van der Waals surface area (Å²) in [7, 11) is 0. The first kappa shape index (κ1) is 32.4. The second-order valence-corrected chi connectivity index (χ2v) is 12.5. The maximum atomic E-state index is 16.2. The molecule has 0 aliphatic carbocycles. The first-order valence-electron chi connectivity index (χ1n) is 15.5. The van der Waals surface area contributed by atoms with E-state index in [-0.39, 0.29) is 23.8 Å². The average Bonchev–Trinajstić information content (AvgIpc) is 3.41. The number of phenolic OH excluding ortho intramolecular Hbond substituents is 1. The molecule has 0 bridgehead atoms. The van der Waals surface area contributed by atoms with E-state index in [2.05, 4.69) is 25.9 Å². The lowest BCUT2D eigenvalue weighted by atomic mass is 9.90. The van der Waals surface area contributed by atoms with Gasteiger partial charge in [0.2, 0.25) is 0 Å². The Bertz CT molecular complexity index is 1960. The van der Waals surface area contributed by atoms with E-state index < -0.39 is 41.2 Å². The topological polar surface area (TPSA) is 119 Å². The number of rotatable bonds is 10. The van der Waals surface area contributed by atoms with Gasteiger partial charge < -0.3 is 26.0 Å². The first-order chi connectivity index (χ1) is 22.9. The van der Waals surface area contributed by atoms with Gasteiger partial charge in [-0.1, -0.05) is 42.5 Å². The van der Waals surface area contributed by atoms with Crippen molar-refractivity contribution in [3.63, 3.8) is 0 Å². The summed E-state index contributed by atoms with van der Waals surface area (Å²) in [5, 5.41) is 19.0. The van der Waals surface area contributed by atoms with Crippen molar-refractivity contribution in [1.82, 2.24) is 20.6 Å². The lowest BCUT2D eigenvalue weighted by molar-refractivity contribution is -0.0245. The zero-order valence-corrected chi connectivity index (χ0v) is 26.3. The number of para-hydroxylation sites is 2. The highest BCUT2D eigenvalue weighted by Crippen LogP contribution is 2.42. The van der Waals surface area contributed by atoms with Crippen LogP contribution in [0.1, 0.15) is 63.9 Å². The van der Waals surface area contributed by atoms with Gasteiger partial charge in [-0.25, -0.2) is 4.39 Å². The maximum absolute atomic E-state index is 16.2. The zero-order chi connectivity index (χ0) is 34.1. The number of pyridine rings is 1. The molecule has 0 saturated carbocycles. The first-order valence-corrected chi connectivity index (χ1v) is 15.5. The van der Waals surface area contributed by atoms with Gasteiger partial charge in [0.05, 0.1) is 22.5 Å². The molecule has 3 aromatic carbocycles. The van der Waals surface area contributed by atoms with Crippen molar-refractivity contribution in [3.8, 4) is 17.0 Å². The molecule has 3 heterocycles. The van der Waals surface area contributed by atoms with Crippen molar-refractivity contribution in [2.24, 2.45) is 0 Å². The number of anilines is 2. The summed E-state index contributed by atoms with van der Waals surface area (Å²) in [6.07, 6.45) is 1.03. The normalized spacial score (nSPS) is 14.5. The van der Waals surface area contributed by atoms with Crippen molar-refractivity contribution < 1.29 is 27.9 Å². The molecule has 0 fully saturated rings. The summed E-state index contributed by atoms with van der Waals surface area (Å²) >= 11 is 0. The number of hydrogen-bond acceptors (Lipinski definition) is 5. The molecule has 6 rings (SSSR count). The molecule has 48 heavy (non-hydrogen) atoms. The van der Waals surface area contributed by atoms with E-state index in [0.717, 1.165) is 0 Å². The SMILES string of the molecule is CC1(C)Cc2[nH]c(-c3ccnc(C(F)(F)C[C@H](CNC(=O)c4ccccc4O)c4ccc(F)cc4)c3)c(Nc3ccccc3)c2C(=O)N1. The Morgan fingerprint density at radius 2 is 1.73 bits per heavy atom. The van der Waals surface area contributed by atoms with Crippen molar-refractivity contribution >= 4 is 23.2 Å². The number of nitrogens with one attached hydrogen (secondary N) is 4. The third-order valence-electron chi connectivity index (χ3n) is 8.34. The van der Waals surface area contributed by atoms with Gasteiger partial charge in [0.1, 0.15) is 17.3 Å². The molecule has 5 N–H and O–H groups in total. The van der Waals surface area contributed by atoms with Crippen LogP contribution in [-0.4, -0.2) is 39.0 Å². The molecule has 2 amide bonds. The van der Waals surface area contributed by atoms with Crippen molar-refractivity contribution in [2.45, 2.75) is 44.1 Å². The van der Waals surface area contributed by atoms with Gasteiger partial charge >= 0.3 is 0 Å². The third-order valence-corrected chi connectivity index (χ3v) is 8.34. The second-order valence-electron chi connectivity index (χ2n) is 12.5. The number of benzene rings is 3. The van der Waals surface area contributed by atoms with Crippen molar-refractivity contribution in [3.05, 3.63) is 131 Å². The third kappa shape index (κ3) is 6.90. The molecule has 0 radical (unpaired) electrons. The van der Waals surface area contributed by atoms with Crippen LogP contribution >= 0.6 is 0 Å². The fraction of sp³-hybridized carbons (Fsp3) is 0.216. The predicted octanol–water partition coefficient (Wildman–Crippen LogP) is 7.43. The monoisotopic (exact) mass is 653 g/mol. The number of halogens is 3. The highest BCUT2D eigenvalue weighted by Gasteiger charge is 2.39. The molecule has 0 saturated heterocycles. The molecular weight excluding hydrogens is 619 g/mol. The van der Waals surface area contributed by atoms with Crippen LogP contribution in [0.25, 0.3) is 11.3 Å². The van der Waals surface area contributed by atoms with E-state index in [0.29, 0.717) is 45.9 Å². The van der Waals surface area contributed by atoms with E-state index in [1.807, 2.05) is 44.2 Å². The van der Waals surface area contributed by atoms with Crippen LogP contribution in [0.15, 0.2) is 97.2 Å². The molecule has 2 aromatic heterocycles. The Morgan fingerprint density at radius 3 is 2.46 bits per heavy atom. The number of aromatic hydroxyl groups is 1. The van der Waals surface area contributed by atoms with E-state index in [4.69, 9.17) is 0 Å². The molecule has 1 aliphatic heterocycles. The summed E-state index contributed by atoms with van der Waals surface area (Å²) in [5.41, 5.74) is 2.48. The smallest absolute Gasteiger partial charge is 0.290 e. The summed E-state index contributed by atoms with van der Waals surface area (Å²) in [6, 6.07) is 23.2.